The summed E-state index contributed by atoms with van der Waals surface area (Å²) in [5.41, 5.74) is 1.03. The van der Waals surface area contributed by atoms with Crippen LogP contribution < -0.4 is 10.2 Å². The van der Waals surface area contributed by atoms with Crippen molar-refractivity contribution in [3.8, 4) is 0 Å². The van der Waals surface area contributed by atoms with Gasteiger partial charge in [-0.05, 0) is 25.5 Å². The molecule has 0 spiro atoms. The highest BCUT2D eigenvalue weighted by atomic mass is 35.5. The zero-order valence-electron chi connectivity index (χ0n) is 14.3. The Morgan fingerprint density at radius 1 is 1.24 bits per heavy atom. The van der Waals surface area contributed by atoms with E-state index in [0.717, 1.165) is 36.9 Å². The Labute approximate surface area is 154 Å². The van der Waals surface area contributed by atoms with Gasteiger partial charge in [0, 0.05) is 32.2 Å². The van der Waals surface area contributed by atoms with Crippen LogP contribution in [0.2, 0.25) is 5.02 Å². The van der Waals surface area contributed by atoms with Crippen molar-refractivity contribution in [2.45, 2.75) is 25.4 Å². The Hall–Kier alpha value is -1.31. The molecule has 2 aliphatic heterocycles. The fourth-order valence-corrected chi connectivity index (χ4v) is 5.38. The molecule has 25 heavy (non-hydrogen) atoms. The third-order valence-electron chi connectivity index (χ3n) is 5.01. The molecule has 0 radical (unpaired) electrons. The minimum atomic E-state index is -2.98. The lowest BCUT2D eigenvalue weighted by atomic mass is 10.1. The molecule has 1 aromatic rings. The number of benzene rings is 1. The van der Waals surface area contributed by atoms with Crippen molar-refractivity contribution in [2.24, 2.45) is 0 Å². The SMILES string of the molecule is C[C@@H](C(=O)N[C@H]1CCS(=O)(=O)C1)N1CCN(c2ccccc2Cl)CC1. The van der Waals surface area contributed by atoms with E-state index < -0.39 is 9.84 Å². The minimum Gasteiger partial charge on any atom is -0.368 e. The van der Waals surface area contributed by atoms with Gasteiger partial charge in [0.15, 0.2) is 9.84 Å². The normalized spacial score (nSPS) is 24.9. The smallest absolute Gasteiger partial charge is 0.237 e. The molecule has 2 heterocycles. The van der Waals surface area contributed by atoms with Crippen LogP contribution in [0.25, 0.3) is 0 Å². The van der Waals surface area contributed by atoms with Gasteiger partial charge in [-0.15, -0.1) is 0 Å². The number of nitrogens with zero attached hydrogens (tertiary/aromatic N) is 2. The third-order valence-corrected chi connectivity index (χ3v) is 7.10. The molecule has 138 valence electrons. The number of rotatable bonds is 4. The van der Waals surface area contributed by atoms with Crippen LogP contribution in [0.5, 0.6) is 0 Å². The summed E-state index contributed by atoms with van der Waals surface area (Å²) >= 11 is 6.26. The van der Waals surface area contributed by atoms with Crippen LogP contribution in [0.1, 0.15) is 13.3 Å². The molecule has 3 rings (SSSR count). The molecule has 0 unspecified atom stereocenters. The summed E-state index contributed by atoms with van der Waals surface area (Å²) < 4.78 is 23.0. The Morgan fingerprint density at radius 2 is 1.92 bits per heavy atom. The minimum absolute atomic E-state index is 0.0613. The van der Waals surface area contributed by atoms with Gasteiger partial charge in [-0.3, -0.25) is 9.69 Å². The average molecular weight is 386 g/mol. The summed E-state index contributed by atoms with van der Waals surface area (Å²) in [5, 5.41) is 3.63. The predicted molar refractivity (Wildman–Crippen MR) is 99.9 cm³/mol. The Morgan fingerprint density at radius 3 is 2.52 bits per heavy atom. The van der Waals surface area contributed by atoms with Crippen molar-refractivity contribution >= 4 is 33.0 Å². The van der Waals surface area contributed by atoms with Gasteiger partial charge in [-0.2, -0.15) is 0 Å². The van der Waals surface area contributed by atoms with Crippen molar-refractivity contribution in [1.29, 1.82) is 0 Å². The molecular weight excluding hydrogens is 362 g/mol. The number of amides is 1. The highest BCUT2D eigenvalue weighted by Crippen LogP contribution is 2.26. The molecule has 1 N–H and O–H groups in total. The molecule has 1 amide bonds. The summed E-state index contributed by atoms with van der Waals surface area (Å²) in [7, 11) is -2.98. The number of sulfone groups is 1. The van der Waals surface area contributed by atoms with E-state index in [-0.39, 0.29) is 29.5 Å². The molecule has 6 nitrogen and oxygen atoms in total. The number of hydrogen-bond acceptors (Lipinski definition) is 5. The maximum absolute atomic E-state index is 12.4. The van der Waals surface area contributed by atoms with Crippen LogP contribution >= 0.6 is 11.6 Å². The first-order valence-corrected chi connectivity index (χ1v) is 10.8. The summed E-state index contributed by atoms with van der Waals surface area (Å²) in [6, 6.07) is 7.27. The summed E-state index contributed by atoms with van der Waals surface area (Å²) in [5.74, 6) is 0.141. The number of para-hydroxylation sites is 1. The quantitative estimate of drug-likeness (QED) is 0.842. The van der Waals surface area contributed by atoms with E-state index >= 15 is 0 Å². The van der Waals surface area contributed by atoms with E-state index in [1.165, 1.54) is 0 Å². The number of carbonyl (C=O) groups is 1. The van der Waals surface area contributed by atoms with Gasteiger partial charge >= 0.3 is 0 Å². The van der Waals surface area contributed by atoms with Crippen molar-refractivity contribution < 1.29 is 13.2 Å². The van der Waals surface area contributed by atoms with Crippen LogP contribution in [0.4, 0.5) is 5.69 Å². The third kappa shape index (κ3) is 4.46. The van der Waals surface area contributed by atoms with Gasteiger partial charge in [0.2, 0.25) is 5.91 Å². The lowest BCUT2D eigenvalue weighted by Crippen LogP contribution is -2.55. The summed E-state index contributed by atoms with van der Waals surface area (Å²) in [6.45, 7) is 5.02. The second-order valence-corrected chi connectivity index (χ2v) is 9.39. The highest BCUT2D eigenvalue weighted by Gasteiger charge is 2.32. The van der Waals surface area contributed by atoms with Gasteiger partial charge in [0.1, 0.15) is 0 Å². The number of anilines is 1. The maximum atomic E-state index is 12.4. The number of nitrogens with one attached hydrogen (secondary N) is 1. The monoisotopic (exact) mass is 385 g/mol. The van der Waals surface area contributed by atoms with Crippen molar-refractivity contribution in [3.05, 3.63) is 29.3 Å². The zero-order chi connectivity index (χ0) is 18.0. The van der Waals surface area contributed by atoms with E-state index in [2.05, 4.69) is 15.1 Å². The molecule has 0 saturated carbocycles. The fourth-order valence-electron chi connectivity index (χ4n) is 3.45. The standard InChI is InChI=1S/C17H24ClN3O3S/c1-13(17(22)19-14-6-11-25(23,24)12-14)20-7-9-21(10-8-20)16-5-3-2-4-15(16)18/h2-5,13-14H,6-12H2,1H3,(H,19,22)/t13-,14-/m0/s1. The maximum Gasteiger partial charge on any atom is 0.237 e. The molecule has 0 aliphatic carbocycles. The highest BCUT2D eigenvalue weighted by molar-refractivity contribution is 7.91. The first kappa shape index (κ1) is 18.5. The first-order valence-electron chi connectivity index (χ1n) is 8.60. The summed E-state index contributed by atoms with van der Waals surface area (Å²) in [4.78, 5) is 16.8. The Bertz CT molecular complexity index is 732. The Kier molecular flexibility index (Phi) is 5.55. The lowest BCUT2D eigenvalue weighted by Gasteiger charge is -2.39. The fraction of sp³-hybridized carbons (Fsp3) is 0.588. The number of hydrogen-bond donors (Lipinski definition) is 1. The van der Waals surface area contributed by atoms with Crippen LogP contribution in [0, 0.1) is 0 Å². The van der Waals surface area contributed by atoms with E-state index in [1.807, 2.05) is 31.2 Å². The first-order chi connectivity index (χ1) is 11.9. The molecule has 8 heteroatoms. The molecule has 0 aromatic heterocycles. The molecular formula is C17H24ClN3O3S. The average Bonchev–Trinajstić information content (AvgIpc) is 2.93. The Balaban J connectivity index is 1.52. The van der Waals surface area contributed by atoms with Crippen LogP contribution in [-0.2, 0) is 14.6 Å². The topological polar surface area (TPSA) is 69.7 Å². The van der Waals surface area contributed by atoms with Crippen molar-refractivity contribution in [1.82, 2.24) is 10.2 Å². The summed E-state index contributed by atoms with van der Waals surface area (Å²) in [6.07, 6.45) is 0.515. The lowest BCUT2D eigenvalue weighted by molar-refractivity contribution is -0.126. The second kappa shape index (κ2) is 7.51. The predicted octanol–water partition coefficient (Wildman–Crippen LogP) is 1.15. The van der Waals surface area contributed by atoms with E-state index in [4.69, 9.17) is 11.6 Å². The molecule has 2 saturated heterocycles. The molecule has 2 aliphatic rings. The number of halogens is 1. The van der Waals surface area contributed by atoms with E-state index in [0.29, 0.717) is 6.42 Å². The van der Waals surface area contributed by atoms with Gasteiger partial charge < -0.3 is 10.2 Å². The van der Waals surface area contributed by atoms with Crippen molar-refractivity contribution in [3.63, 3.8) is 0 Å². The van der Waals surface area contributed by atoms with E-state index in [1.54, 1.807) is 0 Å². The van der Waals surface area contributed by atoms with Crippen LogP contribution in [0.3, 0.4) is 0 Å². The molecule has 2 atom stereocenters. The number of piperazine rings is 1. The molecule has 1 aromatic carbocycles. The molecule has 2 fully saturated rings. The largest absolute Gasteiger partial charge is 0.368 e. The van der Waals surface area contributed by atoms with Crippen LogP contribution in [0.15, 0.2) is 24.3 Å². The molecule has 0 bridgehead atoms. The van der Waals surface area contributed by atoms with Gasteiger partial charge in [0.25, 0.3) is 0 Å². The van der Waals surface area contributed by atoms with Crippen molar-refractivity contribution in [2.75, 3.05) is 42.6 Å². The number of carbonyl (C=O) groups excluding carboxylic acids is 1. The van der Waals surface area contributed by atoms with E-state index in [9.17, 15) is 13.2 Å². The second-order valence-electron chi connectivity index (χ2n) is 6.76. The van der Waals surface area contributed by atoms with Gasteiger partial charge in [0.05, 0.1) is 28.3 Å². The zero-order valence-corrected chi connectivity index (χ0v) is 15.9. The van der Waals surface area contributed by atoms with Gasteiger partial charge in [-0.25, -0.2) is 8.42 Å². The van der Waals surface area contributed by atoms with Crippen LogP contribution in [-0.4, -0.2) is 69.0 Å². The van der Waals surface area contributed by atoms with Gasteiger partial charge in [-0.1, -0.05) is 23.7 Å².